The molecule has 1 aromatic rings. The Balaban J connectivity index is 2.41. The Morgan fingerprint density at radius 1 is 1.50 bits per heavy atom. The molecule has 2 nitrogen and oxygen atoms in total. The van der Waals surface area contributed by atoms with E-state index in [-0.39, 0.29) is 0 Å². The summed E-state index contributed by atoms with van der Waals surface area (Å²) in [5.74, 6) is 0.739. The largest absolute Gasteiger partial charge is 0.467 e. The van der Waals surface area contributed by atoms with E-state index >= 15 is 0 Å². The van der Waals surface area contributed by atoms with Crippen molar-refractivity contribution in [1.82, 2.24) is 0 Å². The fourth-order valence-corrected chi connectivity index (χ4v) is 0.824. The van der Waals surface area contributed by atoms with Crippen LogP contribution in [0.1, 0.15) is 12.5 Å². The Labute approximate surface area is 73.1 Å². The summed E-state index contributed by atoms with van der Waals surface area (Å²) in [6.07, 6.45) is 0. The Hall–Kier alpha value is -1.02. The van der Waals surface area contributed by atoms with Crippen molar-refractivity contribution >= 4 is 0 Å². The first-order valence-electron chi connectivity index (χ1n) is 4.02. The highest BCUT2D eigenvalue weighted by Crippen LogP contribution is 2.10. The zero-order chi connectivity index (χ0) is 8.81. The third-order valence-electron chi connectivity index (χ3n) is 1.43. The van der Waals surface area contributed by atoms with E-state index in [1.807, 2.05) is 32.0 Å². The lowest BCUT2D eigenvalue weighted by molar-refractivity contribution is 0.0222. The van der Waals surface area contributed by atoms with E-state index in [2.05, 4.69) is 6.07 Å². The molecule has 0 atom stereocenters. The summed E-state index contributed by atoms with van der Waals surface area (Å²) in [4.78, 5) is 0. The summed E-state index contributed by atoms with van der Waals surface area (Å²) >= 11 is 0. The second kappa shape index (κ2) is 4.78. The normalized spacial score (nSPS) is 9.83. The van der Waals surface area contributed by atoms with Crippen molar-refractivity contribution in [1.29, 1.82) is 0 Å². The SMILES string of the molecule is CCOCOc1[c]ccc(C)c1. The molecule has 65 valence electrons. The monoisotopic (exact) mass is 165 g/mol. The molecule has 0 aliphatic heterocycles. The van der Waals surface area contributed by atoms with Crippen LogP contribution in [0.3, 0.4) is 0 Å². The molecule has 0 heterocycles. The van der Waals surface area contributed by atoms with Gasteiger partial charge in [0.25, 0.3) is 0 Å². The van der Waals surface area contributed by atoms with Gasteiger partial charge in [0.15, 0.2) is 6.79 Å². The van der Waals surface area contributed by atoms with E-state index in [0.29, 0.717) is 13.4 Å². The van der Waals surface area contributed by atoms with Crippen molar-refractivity contribution in [3.63, 3.8) is 0 Å². The van der Waals surface area contributed by atoms with Gasteiger partial charge in [-0.15, -0.1) is 0 Å². The standard InChI is InChI=1S/C10H13O2/c1-3-11-8-12-10-6-4-5-9(2)7-10/h4-5,7H,3,8H2,1-2H3. The van der Waals surface area contributed by atoms with Gasteiger partial charge in [-0.25, -0.2) is 0 Å². The van der Waals surface area contributed by atoms with Crippen LogP contribution >= 0.6 is 0 Å². The summed E-state index contributed by atoms with van der Waals surface area (Å²) in [5.41, 5.74) is 1.17. The molecule has 0 fully saturated rings. The molecule has 0 aromatic heterocycles. The highest BCUT2D eigenvalue weighted by atomic mass is 16.7. The highest BCUT2D eigenvalue weighted by Gasteiger charge is 1.92. The molecule has 0 bridgehead atoms. The van der Waals surface area contributed by atoms with Crippen LogP contribution in [0.4, 0.5) is 0 Å². The zero-order valence-corrected chi connectivity index (χ0v) is 7.46. The summed E-state index contributed by atoms with van der Waals surface area (Å²) in [7, 11) is 0. The van der Waals surface area contributed by atoms with Gasteiger partial charge < -0.3 is 9.47 Å². The number of benzene rings is 1. The first kappa shape index (κ1) is 9.07. The topological polar surface area (TPSA) is 18.5 Å². The third-order valence-corrected chi connectivity index (χ3v) is 1.43. The van der Waals surface area contributed by atoms with Crippen LogP contribution in [0.5, 0.6) is 5.75 Å². The highest BCUT2D eigenvalue weighted by molar-refractivity contribution is 5.25. The summed E-state index contributed by atoms with van der Waals surface area (Å²) < 4.78 is 10.3. The van der Waals surface area contributed by atoms with E-state index < -0.39 is 0 Å². The predicted molar refractivity (Wildman–Crippen MR) is 47.1 cm³/mol. The zero-order valence-electron chi connectivity index (χ0n) is 7.46. The van der Waals surface area contributed by atoms with Crippen LogP contribution in [0.2, 0.25) is 0 Å². The second-order valence-corrected chi connectivity index (χ2v) is 2.49. The molecule has 0 unspecified atom stereocenters. The van der Waals surface area contributed by atoms with Crippen molar-refractivity contribution in [2.24, 2.45) is 0 Å². The van der Waals surface area contributed by atoms with Gasteiger partial charge in [0.05, 0.1) is 0 Å². The molecule has 12 heavy (non-hydrogen) atoms. The fraction of sp³-hybridized carbons (Fsp3) is 0.400. The van der Waals surface area contributed by atoms with Gasteiger partial charge in [-0.2, -0.15) is 0 Å². The Bertz CT molecular complexity index is 233. The van der Waals surface area contributed by atoms with Gasteiger partial charge in [0, 0.05) is 12.7 Å². The van der Waals surface area contributed by atoms with E-state index in [1.165, 1.54) is 5.56 Å². The maximum atomic E-state index is 5.25. The van der Waals surface area contributed by atoms with Crippen molar-refractivity contribution in [3.05, 3.63) is 29.8 Å². The third kappa shape index (κ3) is 2.93. The molecule has 0 aliphatic rings. The smallest absolute Gasteiger partial charge is 0.189 e. The minimum Gasteiger partial charge on any atom is -0.467 e. The van der Waals surface area contributed by atoms with Crippen LogP contribution in [0.25, 0.3) is 0 Å². The maximum absolute atomic E-state index is 5.25. The molecule has 1 aromatic carbocycles. The number of hydrogen-bond acceptors (Lipinski definition) is 2. The van der Waals surface area contributed by atoms with Gasteiger partial charge in [-0.05, 0) is 25.5 Å². The minimum atomic E-state index is 0.302. The van der Waals surface area contributed by atoms with Crippen molar-refractivity contribution in [2.75, 3.05) is 13.4 Å². The molecule has 0 N–H and O–H groups in total. The Morgan fingerprint density at radius 3 is 3.00 bits per heavy atom. The molecule has 0 saturated carbocycles. The van der Waals surface area contributed by atoms with Gasteiger partial charge >= 0.3 is 0 Å². The molecule has 0 saturated heterocycles. The fourth-order valence-electron chi connectivity index (χ4n) is 0.824. The van der Waals surface area contributed by atoms with Crippen molar-refractivity contribution in [2.45, 2.75) is 13.8 Å². The molecule has 1 radical (unpaired) electrons. The molecule has 0 amide bonds. The maximum Gasteiger partial charge on any atom is 0.189 e. The molecule has 2 heteroatoms. The van der Waals surface area contributed by atoms with Gasteiger partial charge in [0.1, 0.15) is 5.75 Å². The number of ether oxygens (including phenoxy) is 2. The average molecular weight is 165 g/mol. The quantitative estimate of drug-likeness (QED) is 0.503. The lowest BCUT2D eigenvalue weighted by Gasteiger charge is -2.05. The summed E-state index contributed by atoms with van der Waals surface area (Å²) in [6.45, 7) is 4.92. The molecular weight excluding hydrogens is 152 g/mol. The average Bonchev–Trinajstić information content (AvgIpc) is 2.05. The van der Waals surface area contributed by atoms with Crippen molar-refractivity contribution < 1.29 is 9.47 Å². The van der Waals surface area contributed by atoms with Crippen LogP contribution in [-0.2, 0) is 4.74 Å². The Morgan fingerprint density at radius 2 is 2.33 bits per heavy atom. The molecule has 0 spiro atoms. The van der Waals surface area contributed by atoms with Crippen LogP contribution in [-0.4, -0.2) is 13.4 Å². The van der Waals surface area contributed by atoms with Gasteiger partial charge in [0.2, 0.25) is 0 Å². The number of aryl methyl sites for hydroxylation is 1. The molecule has 1 rings (SSSR count). The summed E-state index contributed by atoms with van der Waals surface area (Å²) in [6, 6.07) is 8.72. The van der Waals surface area contributed by atoms with E-state index in [9.17, 15) is 0 Å². The van der Waals surface area contributed by atoms with Crippen LogP contribution in [0, 0.1) is 13.0 Å². The molecule has 0 aliphatic carbocycles. The summed E-state index contributed by atoms with van der Waals surface area (Å²) in [5, 5.41) is 0. The minimum absolute atomic E-state index is 0.302. The lowest BCUT2D eigenvalue weighted by Crippen LogP contribution is -2.01. The lowest BCUT2D eigenvalue weighted by atomic mass is 10.2. The van der Waals surface area contributed by atoms with Crippen LogP contribution < -0.4 is 4.74 Å². The van der Waals surface area contributed by atoms with Crippen molar-refractivity contribution in [3.8, 4) is 5.75 Å². The van der Waals surface area contributed by atoms with Crippen LogP contribution in [0.15, 0.2) is 18.2 Å². The Kier molecular flexibility index (Phi) is 3.61. The predicted octanol–water partition coefficient (Wildman–Crippen LogP) is 2.17. The van der Waals surface area contributed by atoms with E-state index in [1.54, 1.807) is 0 Å². The van der Waals surface area contributed by atoms with E-state index in [4.69, 9.17) is 9.47 Å². The van der Waals surface area contributed by atoms with Gasteiger partial charge in [-0.3, -0.25) is 0 Å². The number of hydrogen-bond donors (Lipinski definition) is 0. The number of rotatable bonds is 4. The first-order chi connectivity index (χ1) is 5.83. The second-order valence-electron chi connectivity index (χ2n) is 2.49. The molecular formula is C10H13O2. The first-order valence-corrected chi connectivity index (χ1v) is 4.02. The van der Waals surface area contributed by atoms with E-state index in [0.717, 1.165) is 5.75 Å². The van der Waals surface area contributed by atoms with Gasteiger partial charge in [-0.1, -0.05) is 12.1 Å².